The number of rotatable bonds is 3. The molecule has 1 N–H and O–H groups in total. The maximum Gasteiger partial charge on any atom is 0.280 e. The first-order valence-electron chi connectivity index (χ1n) is 7.17. The van der Waals surface area contributed by atoms with E-state index in [2.05, 4.69) is 10.4 Å². The van der Waals surface area contributed by atoms with E-state index < -0.39 is 11.3 Å². The molecule has 0 spiro atoms. The Kier molecular flexibility index (Phi) is 4.12. The van der Waals surface area contributed by atoms with Crippen LogP contribution in [0, 0.1) is 0 Å². The summed E-state index contributed by atoms with van der Waals surface area (Å²) in [5, 5.41) is 7.70. The maximum absolute atomic E-state index is 12.6. The highest BCUT2D eigenvalue weighted by Crippen LogP contribution is 2.17. The summed E-state index contributed by atoms with van der Waals surface area (Å²) in [5.74, 6) is -0.537. The molecule has 1 heterocycles. The number of carbonyl (C=O) groups is 1. The van der Waals surface area contributed by atoms with Gasteiger partial charge in [-0.15, -0.1) is 0 Å². The Balaban J connectivity index is 2.12. The number of benzene rings is 2. The minimum atomic E-state index is -0.537. The molecule has 3 rings (SSSR count). The second-order valence-electron chi connectivity index (χ2n) is 4.98. The van der Waals surface area contributed by atoms with Crippen molar-refractivity contribution in [3.63, 3.8) is 0 Å². The molecule has 1 aromatic heterocycles. The molecule has 0 atom stereocenters. The molecule has 0 aliphatic carbocycles. The zero-order valence-electron chi connectivity index (χ0n) is 12.4. The minimum Gasteiger partial charge on any atom is -0.320 e. The monoisotopic (exact) mass is 327 g/mol. The number of halogens is 1. The van der Waals surface area contributed by atoms with Crippen LogP contribution in [0.1, 0.15) is 17.4 Å². The summed E-state index contributed by atoms with van der Waals surface area (Å²) in [6.07, 6.45) is 0. The molecule has 0 fully saturated rings. The summed E-state index contributed by atoms with van der Waals surface area (Å²) in [6.45, 7) is 2.43. The largest absolute Gasteiger partial charge is 0.320 e. The number of fused-ring (bicyclic) bond motifs is 1. The number of nitrogens with one attached hydrogen (secondary N) is 1. The van der Waals surface area contributed by atoms with Crippen molar-refractivity contribution in [2.45, 2.75) is 13.5 Å². The summed E-state index contributed by atoms with van der Waals surface area (Å²) in [5.41, 5.74) is 0.678. The van der Waals surface area contributed by atoms with Crippen LogP contribution in [-0.4, -0.2) is 15.7 Å². The summed E-state index contributed by atoms with van der Waals surface area (Å²) in [4.78, 5) is 25.0. The number of nitrogens with zero attached hydrogens (tertiary/aromatic N) is 2. The molecule has 116 valence electrons. The van der Waals surface area contributed by atoms with E-state index >= 15 is 0 Å². The van der Waals surface area contributed by atoms with Gasteiger partial charge in [-0.3, -0.25) is 14.3 Å². The molecular weight excluding hydrogens is 314 g/mol. The van der Waals surface area contributed by atoms with Crippen molar-refractivity contribution in [2.75, 3.05) is 5.32 Å². The lowest BCUT2D eigenvalue weighted by Gasteiger charge is -2.10. The molecule has 23 heavy (non-hydrogen) atoms. The van der Waals surface area contributed by atoms with E-state index in [-0.39, 0.29) is 5.69 Å². The molecule has 0 radical (unpaired) electrons. The van der Waals surface area contributed by atoms with Crippen molar-refractivity contribution in [2.24, 2.45) is 0 Å². The lowest BCUT2D eigenvalue weighted by Crippen LogP contribution is -2.27. The quantitative estimate of drug-likeness (QED) is 0.802. The van der Waals surface area contributed by atoms with Gasteiger partial charge in [0.05, 0.1) is 10.9 Å². The zero-order valence-corrected chi connectivity index (χ0v) is 13.2. The molecule has 2 aromatic carbocycles. The normalized spacial score (nSPS) is 10.7. The Morgan fingerprint density at radius 3 is 2.65 bits per heavy atom. The fourth-order valence-electron chi connectivity index (χ4n) is 2.36. The SMILES string of the molecule is CCn1nc(C(=O)Nc2ccccc2)c(=O)c2cc(Cl)ccc21. The number of hydrogen-bond acceptors (Lipinski definition) is 3. The van der Waals surface area contributed by atoms with E-state index in [1.54, 1.807) is 47.1 Å². The molecule has 5 nitrogen and oxygen atoms in total. The minimum absolute atomic E-state index is 0.148. The number of hydrogen-bond donors (Lipinski definition) is 1. The fraction of sp³-hybridized carbons (Fsp3) is 0.118. The van der Waals surface area contributed by atoms with Crippen molar-refractivity contribution in [1.82, 2.24) is 9.78 Å². The molecule has 1 amide bonds. The van der Waals surface area contributed by atoms with E-state index in [0.29, 0.717) is 28.2 Å². The molecule has 6 heteroatoms. The van der Waals surface area contributed by atoms with Gasteiger partial charge >= 0.3 is 0 Å². The Bertz CT molecular complexity index is 936. The highest BCUT2D eigenvalue weighted by molar-refractivity contribution is 6.31. The van der Waals surface area contributed by atoms with Crippen LogP contribution in [0.3, 0.4) is 0 Å². The van der Waals surface area contributed by atoms with Crippen LogP contribution in [0.25, 0.3) is 10.9 Å². The van der Waals surface area contributed by atoms with Crippen LogP contribution < -0.4 is 10.7 Å². The lowest BCUT2D eigenvalue weighted by atomic mass is 10.2. The van der Waals surface area contributed by atoms with Crippen LogP contribution in [0.4, 0.5) is 5.69 Å². The standard InChI is InChI=1S/C17H14ClN3O2/c1-2-21-14-9-8-11(18)10-13(14)16(22)15(20-21)17(23)19-12-6-4-3-5-7-12/h3-10H,2H2,1H3,(H,19,23). The Labute approximate surface area is 137 Å². The number of aromatic nitrogens is 2. The molecule has 0 aliphatic rings. The van der Waals surface area contributed by atoms with Gasteiger partial charge < -0.3 is 5.32 Å². The van der Waals surface area contributed by atoms with Gasteiger partial charge in [0.25, 0.3) is 5.91 Å². The highest BCUT2D eigenvalue weighted by Gasteiger charge is 2.17. The molecule has 0 saturated carbocycles. The third-order valence-corrected chi connectivity index (χ3v) is 3.70. The molecule has 0 aliphatic heterocycles. The first-order valence-corrected chi connectivity index (χ1v) is 7.54. The summed E-state index contributed by atoms with van der Waals surface area (Å²) < 4.78 is 1.62. The average Bonchev–Trinajstić information content (AvgIpc) is 2.56. The summed E-state index contributed by atoms with van der Waals surface area (Å²) >= 11 is 5.98. The van der Waals surface area contributed by atoms with Gasteiger partial charge in [0.1, 0.15) is 0 Å². The van der Waals surface area contributed by atoms with Gasteiger partial charge in [-0.25, -0.2) is 0 Å². The van der Waals surface area contributed by atoms with E-state index in [4.69, 9.17) is 11.6 Å². The predicted octanol–water partition coefficient (Wildman–Crippen LogP) is 3.32. The molecular formula is C17H14ClN3O2. The van der Waals surface area contributed by atoms with Crippen LogP contribution in [0.5, 0.6) is 0 Å². The predicted molar refractivity (Wildman–Crippen MR) is 91.1 cm³/mol. The number of carbonyl (C=O) groups excluding carboxylic acids is 1. The van der Waals surface area contributed by atoms with Gasteiger partial charge in [-0.2, -0.15) is 5.10 Å². The van der Waals surface area contributed by atoms with E-state index in [9.17, 15) is 9.59 Å². The number of anilines is 1. The summed E-state index contributed by atoms with van der Waals surface area (Å²) in [7, 11) is 0. The first-order chi connectivity index (χ1) is 11.1. The van der Waals surface area contributed by atoms with Crippen molar-refractivity contribution in [3.05, 3.63) is 69.5 Å². The molecule has 0 saturated heterocycles. The van der Waals surface area contributed by atoms with Crippen LogP contribution in [0.2, 0.25) is 5.02 Å². The number of amides is 1. The second kappa shape index (κ2) is 6.22. The third-order valence-electron chi connectivity index (χ3n) is 3.46. The topological polar surface area (TPSA) is 64.0 Å². The Morgan fingerprint density at radius 1 is 1.22 bits per heavy atom. The number of aryl methyl sites for hydroxylation is 1. The van der Waals surface area contributed by atoms with Crippen LogP contribution in [0.15, 0.2) is 53.3 Å². The van der Waals surface area contributed by atoms with Crippen LogP contribution >= 0.6 is 11.6 Å². The maximum atomic E-state index is 12.6. The van der Waals surface area contributed by atoms with Gasteiger partial charge in [0.2, 0.25) is 5.43 Å². The van der Waals surface area contributed by atoms with E-state index in [0.717, 1.165) is 0 Å². The lowest BCUT2D eigenvalue weighted by molar-refractivity contribution is 0.101. The first kappa shape index (κ1) is 15.2. The molecule has 0 unspecified atom stereocenters. The van der Waals surface area contributed by atoms with Gasteiger partial charge in [0, 0.05) is 17.3 Å². The Morgan fingerprint density at radius 2 is 1.96 bits per heavy atom. The van der Waals surface area contributed by atoms with Crippen molar-refractivity contribution in [3.8, 4) is 0 Å². The molecule has 0 bridgehead atoms. The highest BCUT2D eigenvalue weighted by atomic mass is 35.5. The Hall–Kier alpha value is -2.66. The van der Waals surface area contributed by atoms with Crippen molar-refractivity contribution in [1.29, 1.82) is 0 Å². The van der Waals surface area contributed by atoms with Gasteiger partial charge in [0.15, 0.2) is 5.69 Å². The molecule has 3 aromatic rings. The van der Waals surface area contributed by atoms with Gasteiger partial charge in [-0.1, -0.05) is 29.8 Å². The number of para-hydroxylation sites is 1. The fourth-order valence-corrected chi connectivity index (χ4v) is 2.54. The average molecular weight is 328 g/mol. The van der Waals surface area contributed by atoms with E-state index in [1.165, 1.54) is 0 Å². The van der Waals surface area contributed by atoms with Crippen LogP contribution in [-0.2, 0) is 6.54 Å². The third kappa shape index (κ3) is 2.96. The van der Waals surface area contributed by atoms with Gasteiger partial charge in [-0.05, 0) is 37.3 Å². The van der Waals surface area contributed by atoms with Crippen molar-refractivity contribution >= 4 is 34.1 Å². The summed E-state index contributed by atoms with van der Waals surface area (Å²) in [6, 6.07) is 13.9. The smallest absolute Gasteiger partial charge is 0.280 e. The second-order valence-corrected chi connectivity index (χ2v) is 5.41. The van der Waals surface area contributed by atoms with Crippen molar-refractivity contribution < 1.29 is 4.79 Å². The zero-order chi connectivity index (χ0) is 16.4. The van der Waals surface area contributed by atoms with E-state index in [1.807, 2.05) is 13.0 Å².